The van der Waals surface area contributed by atoms with Crippen molar-refractivity contribution in [3.8, 4) is 0 Å². The van der Waals surface area contributed by atoms with Crippen LogP contribution in [0.3, 0.4) is 0 Å². The molecule has 6 nitrogen and oxygen atoms in total. The first-order chi connectivity index (χ1) is 19.0. The lowest BCUT2D eigenvalue weighted by Crippen LogP contribution is -2.53. The second-order valence-electron chi connectivity index (χ2n) is 9.72. The van der Waals surface area contributed by atoms with Gasteiger partial charge in [0.25, 0.3) is 5.91 Å². The normalized spacial score (nSPS) is 13.0. The predicted octanol–water partition coefficient (Wildman–Crippen LogP) is 5.73. The van der Waals surface area contributed by atoms with Gasteiger partial charge in [0.1, 0.15) is 12.6 Å². The monoisotopic (exact) mass is 583 g/mol. The number of nitrogens with zero attached hydrogens (tertiary/aromatic N) is 2. The lowest BCUT2D eigenvalue weighted by molar-refractivity contribution is -0.140. The van der Waals surface area contributed by atoms with Crippen LogP contribution in [0.5, 0.6) is 0 Å². The maximum absolute atomic E-state index is 14.2. The number of anilines is 1. The minimum absolute atomic E-state index is 0.160. The zero-order valence-electron chi connectivity index (χ0n) is 21.8. The molecule has 1 aliphatic rings. The molecule has 198 valence electrons. The van der Waals surface area contributed by atoms with E-state index < -0.39 is 6.04 Å². The van der Waals surface area contributed by atoms with Crippen molar-refractivity contribution in [3.05, 3.63) is 112 Å². The predicted molar refractivity (Wildman–Crippen MR) is 158 cm³/mol. The van der Waals surface area contributed by atoms with E-state index in [2.05, 4.69) is 21.2 Å². The van der Waals surface area contributed by atoms with E-state index in [0.717, 1.165) is 38.5 Å². The molecule has 3 amide bonds. The van der Waals surface area contributed by atoms with Crippen LogP contribution in [0.4, 0.5) is 5.69 Å². The molecule has 0 aromatic heterocycles. The second-order valence-corrected chi connectivity index (χ2v) is 10.6. The van der Waals surface area contributed by atoms with Crippen molar-refractivity contribution >= 4 is 50.1 Å². The Morgan fingerprint density at radius 3 is 2.38 bits per heavy atom. The van der Waals surface area contributed by atoms with Gasteiger partial charge in [0, 0.05) is 34.9 Å². The van der Waals surface area contributed by atoms with E-state index in [4.69, 9.17) is 0 Å². The van der Waals surface area contributed by atoms with Crippen molar-refractivity contribution in [1.82, 2.24) is 10.2 Å². The third-order valence-electron chi connectivity index (χ3n) is 7.00. The summed E-state index contributed by atoms with van der Waals surface area (Å²) >= 11 is 3.52. The van der Waals surface area contributed by atoms with E-state index in [1.54, 1.807) is 11.0 Å². The van der Waals surface area contributed by atoms with Gasteiger partial charge in [-0.3, -0.25) is 19.3 Å². The average Bonchev–Trinajstić information content (AvgIpc) is 3.22. The molecule has 0 spiro atoms. The lowest BCUT2D eigenvalue weighted by Gasteiger charge is -2.33. The van der Waals surface area contributed by atoms with E-state index in [-0.39, 0.29) is 30.8 Å². The summed E-state index contributed by atoms with van der Waals surface area (Å²) in [6.07, 6.45) is 1.15. The van der Waals surface area contributed by atoms with Gasteiger partial charge in [-0.15, -0.1) is 0 Å². The Morgan fingerprint density at radius 2 is 1.64 bits per heavy atom. The summed E-state index contributed by atoms with van der Waals surface area (Å²) in [6, 6.07) is 28.0. The maximum atomic E-state index is 14.2. The Morgan fingerprint density at radius 1 is 0.923 bits per heavy atom. The molecule has 39 heavy (non-hydrogen) atoms. The molecule has 4 aromatic rings. The lowest BCUT2D eigenvalue weighted by atomic mass is 10.0. The highest BCUT2D eigenvalue weighted by Crippen LogP contribution is 2.37. The van der Waals surface area contributed by atoms with E-state index in [1.165, 1.54) is 4.90 Å². The van der Waals surface area contributed by atoms with Crippen molar-refractivity contribution < 1.29 is 14.4 Å². The van der Waals surface area contributed by atoms with Gasteiger partial charge in [-0.05, 0) is 47.2 Å². The van der Waals surface area contributed by atoms with Crippen LogP contribution in [0.2, 0.25) is 0 Å². The molecule has 1 aliphatic heterocycles. The molecule has 0 radical (unpaired) electrons. The fraction of sp³-hybridized carbons (Fsp3) is 0.219. The van der Waals surface area contributed by atoms with Gasteiger partial charge < -0.3 is 10.2 Å². The second kappa shape index (κ2) is 11.8. The molecule has 5 rings (SSSR count). The standard InChI is InChI=1S/C32H30BrN3O3/c1-2-17-34-31(38)28(19-22-9-4-3-5-10-22)35(20-23-11-6-14-25(33)18-23)29(37)21-36-27-16-8-13-24-12-7-15-26(30(24)27)32(36)39/h3-16,18,28H,2,17,19-21H2,1H3,(H,34,38). The number of nitrogens with one attached hydrogen (secondary N) is 1. The zero-order chi connectivity index (χ0) is 27.4. The molecule has 4 aromatic carbocycles. The molecule has 1 N–H and O–H groups in total. The topological polar surface area (TPSA) is 69.7 Å². The summed E-state index contributed by atoms with van der Waals surface area (Å²) < 4.78 is 0.888. The van der Waals surface area contributed by atoms with Crippen LogP contribution in [0, 0.1) is 0 Å². The summed E-state index contributed by atoms with van der Waals surface area (Å²) in [5, 5.41) is 4.81. The molecule has 0 aliphatic carbocycles. The number of hydrogen-bond acceptors (Lipinski definition) is 3. The smallest absolute Gasteiger partial charge is 0.259 e. The first-order valence-corrected chi connectivity index (χ1v) is 13.9. The highest BCUT2D eigenvalue weighted by molar-refractivity contribution is 9.10. The van der Waals surface area contributed by atoms with Gasteiger partial charge >= 0.3 is 0 Å². The number of carbonyl (C=O) groups is 3. The summed E-state index contributed by atoms with van der Waals surface area (Å²) in [5.74, 6) is -0.699. The van der Waals surface area contributed by atoms with E-state index in [0.29, 0.717) is 18.5 Å². The number of carbonyl (C=O) groups excluding carboxylic acids is 3. The molecular formula is C32H30BrN3O3. The Balaban J connectivity index is 1.50. The van der Waals surface area contributed by atoms with Gasteiger partial charge in [-0.2, -0.15) is 0 Å². The largest absolute Gasteiger partial charge is 0.354 e. The summed E-state index contributed by atoms with van der Waals surface area (Å²) in [5.41, 5.74) is 3.16. The van der Waals surface area contributed by atoms with Gasteiger partial charge in [-0.1, -0.05) is 89.6 Å². The van der Waals surface area contributed by atoms with Crippen LogP contribution in [-0.2, 0) is 22.6 Å². The Bertz CT molecular complexity index is 1520. The fourth-order valence-electron chi connectivity index (χ4n) is 5.11. The summed E-state index contributed by atoms with van der Waals surface area (Å²) in [7, 11) is 0. The summed E-state index contributed by atoms with van der Waals surface area (Å²) in [6.45, 7) is 2.58. The van der Waals surface area contributed by atoms with Crippen molar-refractivity contribution in [3.63, 3.8) is 0 Å². The fourth-order valence-corrected chi connectivity index (χ4v) is 5.56. The number of hydrogen-bond donors (Lipinski definition) is 1. The molecule has 7 heteroatoms. The minimum atomic E-state index is -0.749. The van der Waals surface area contributed by atoms with Crippen LogP contribution >= 0.6 is 15.9 Å². The van der Waals surface area contributed by atoms with Crippen LogP contribution < -0.4 is 10.2 Å². The highest BCUT2D eigenvalue weighted by Gasteiger charge is 2.35. The number of amides is 3. The third kappa shape index (κ3) is 5.73. The SMILES string of the molecule is CCCNC(=O)C(Cc1ccccc1)N(Cc1cccc(Br)c1)C(=O)CN1C(=O)c2cccc3cccc1c23. The first-order valence-electron chi connectivity index (χ1n) is 13.2. The van der Waals surface area contributed by atoms with Crippen molar-refractivity contribution in [2.24, 2.45) is 0 Å². The quantitative estimate of drug-likeness (QED) is 0.259. The summed E-state index contributed by atoms with van der Waals surface area (Å²) in [4.78, 5) is 44.3. The number of halogens is 1. The molecule has 0 bridgehead atoms. The molecular weight excluding hydrogens is 554 g/mol. The molecule has 1 heterocycles. The maximum Gasteiger partial charge on any atom is 0.259 e. The Labute approximate surface area is 236 Å². The van der Waals surface area contributed by atoms with Gasteiger partial charge in [-0.25, -0.2) is 0 Å². The number of rotatable bonds is 10. The van der Waals surface area contributed by atoms with Crippen LogP contribution in [-0.4, -0.2) is 41.8 Å². The minimum Gasteiger partial charge on any atom is -0.354 e. The Kier molecular flexibility index (Phi) is 8.07. The van der Waals surface area contributed by atoms with Crippen molar-refractivity contribution in [1.29, 1.82) is 0 Å². The number of benzene rings is 4. The van der Waals surface area contributed by atoms with Gasteiger partial charge in [0.15, 0.2) is 0 Å². The average molecular weight is 585 g/mol. The molecule has 1 unspecified atom stereocenters. The highest BCUT2D eigenvalue weighted by atomic mass is 79.9. The van der Waals surface area contributed by atoms with Crippen LogP contribution in [0.15, 0.2) is 95.5 Å². The molecule has 0 saturated heterocycles. The van der Waals surface area contributed by atoms with Gasteiger partial charge in [0.05, 0.1) is 5.69 Å². The van der Waals surface area contributed by atoms with Gasteiger partial charge in [0.2, 0.25) is 11.8 Å². The van der Waals surface area contributed by atoms with Crippen molar-refractivity contribution in [2.75, 3.05) is 18.0 Å². The van der Waals surface area contributed by atoms with E-state index >= 15 is 0 Å². The Hall–Kier alpha value is -3.97. The van der Waals surface area contributed by atoms with E-state index in [9.17, 15) is 14.4 Å². The third-order valence-corrected chi connectivity index (χ3v) is 7.50. The molecule has 1 atom stereocenters. The first kappa shape index (κ1) is 26.6. The van der Waals surface area contributed by atoms with E-state index in [1.807, 2.05) is 91.9 Å². The van der Waals surface area contributed by atoms with Crippen molar-refractivity contribution in [2.45, 2.75) is 32.4 Å². The molecule has 0 fully saturated rings. The zero-order valence-corrected chi connectivity index (χ0v) is 23.4. The van der Waals surface area contributed by atoms with Crippen LogP contribution in [0.1, 0.15) is 34.8 Å². The van der Waals surface area contributed by atoms with Crippen LogP contribution in [0.25, 0.3) is 10.8 Å². The molecule has 0 saturated carbocycles.